The average molecular weight is 464 g/mol. The number of rotatable bonds is 9. The Bertz CT molecular complexity index is 1090. The zero-order valence-corrected chi connectivity index (χ0v) is 20.7. The molecule has 2 aromatic carbocycles. The van der Waals surface area contributed by atoms with Gasteiger partial charge in [0, 0.05) is 24.0 Å². The highest BCUT2D eigenvalue weighted by atomic mass is 32.1. The van der Waals surface area contributed by atoms with Crippen LogP contribution in [0, 0.1) is 20.8 Å². The molecule has 1 amide bonds. The van der Waals surface area contributed by atoms with Gasteiger partial charge in [-0.05, 0) is 75.5 Å². The number of hydrogen-bond donors (Lipinski definition) is 0. The Morgan fingerprint density at radius 1 is 1.06 bits per heavy atom. The van der Waals surface area contributed by atoms with Crippen LogP contribution in [0.2, 0.25) is 0 Å². The van der Waals surface area contributed by atoms with Crippen LogP contribution in [-0.2, 0) is 13.2 Å². The van der Waals surface area contributed by atoms with E-state index in [2.05, 4.69) is 30.2 Å². The highest BCUT2D eigenvalue weighted by Gasteiger charge is 2.21. The third kappa shape index (κ3) is 6.01. The zero-order valence-electron chi connectivity index (χ0n) is 19.8. The van der Waals surface area contributed by atoms with E-state index in [0.29, 0.717) is 19.7 Å². The topological polar surface area (TPSA) is 45.7 Å². The summed E-state index contributed by atoms with van der Waals surface area (Å²) < 4.78 is 6.03. The summed E-state index contributed by atoms with van der Waals surface area (Å²) in [4.78, 5) is 22.6. The van der Waals surface area contributed by atoms with Crippen molar-refractivity contribution in [1.29, 1.82) is 0 Å². The fraction of sp³-hybridized carbons (Fsp3) is 0.407. The molecule has 1 aromatic heterocycles. The van der Waals surface area contributed by atoms with Crippen LogP contribution >= 0.6 is 11.3 Å². The summed E-state index contributed by atoms with van der Waals surface area (Å²) in [7, 11) is 0. The molecule has 4 rings (SSSR count). The molecule has 6 heteroatoms. The van der Waals surface area contributed by atoms with Gasteiger partial charge in [0.1, 0.15) is 17.4 Å². The number of hydrogen-bond acceptors (Lipinski definition) is 5. The Morgan fingerprint density at radius 2 is 1.82 bits per heavy atom. The summed E-state index contributed by atoms with van der Waals surface area (Å²) in [6.07, 6.45) is 2.50. The van der Waals surface area contributed by atoms with Crippen LogP contribution in [0.25, 0.3) is 0 Å². The van der Waals surface area contributed by atoms with Gasteiger partial charge in [-0.2, -0.15) is 0 Å². The van der Waals surface area contributed by atoms with Gasteiger partial charge >= 0.3 is 0 Å². The first-order chi connectivity index (χ1) is 16.0. The minimum atomic E-state index is 0.0773. The third-order valence-corrected chi connectivity index (χ3v) is 7.28. The third-order valence-electron chi connectivity index (χ3n) is 6.41. The Kier molecular flexibility index (Phi) is 7.78. The summed E-state index contributed by atoms with van der Waals surface area (Å²) in [6.45, 7) is 11.0. The predicted octanol–water partition coefficient (Wildman–Crippen LogP) is 5.39. The number of nitrogens with zero attached hydrogens (tertiary/aromatic N) is 3. The molecule has 0 atom stereocenters. The van der Waals surface area contributed by atoms with Crippen molar-refractivity contribution in [2.75, 3.05) is 26.2 Å². The second-order valence-corrected chi connectivity index (χ2v) is 9.75. The molecule has 0 N–H and O–H groups in total. The molecule has 5 nitrogen and oxygen atoms in total. The van der Waals surface area contributed by atoms with Crippen LogP contribution in [-0.4, -0.2) is 46.9 Å². The normalized spacial score (nSPS) is 13.9. The lowest BCUT2D eigenvalue weighted by molar-refractivity contribution is 0.0724. The molecule has 0 bridgehead atoms. The summed E-state index contributed by atoms with van der Waals surface area (Å²) in [6, 6.07) is 13.9. The average Bonchev–Trinajstić information content (AvgIpc) is 3.49. The Balaban J connectivity index is 1.44. The van der Waals surface area contributed by atoms with Gasteiger partial charge in [0.2, 0.25) is 0 Å². The number of amides is 1. The van der Waals surface area contributed by atoms with E-state index in [9.17, 15) is 4.79 Å². The largest absolute Gasteiger partial charge is 0.486 e. The molecule has 1 saturated heterocycles. The monoisotopic (exact) mass is 463 g/mol. The molecule has 3 aromatic rings. The number of aryl methyl sites for hydroxylation is 2. The molecule has 0 aliphatic carbocycles. The van der Waals surface area contributed by atoms with Crippen molar-refractivity contribution in [3.63, 3.8) is 0 Å². The Hall–Kier alpha value is -2.70. The molecular formula is C27H33N3O2S. The lowest BCUT2D eigenvalue weighted by Crippen LogP contribution is -2.38. The van der Waals surface area contributed by atoms with E-state index >= 15 is 0 Å². The first-order valence-electron chi connectivity index (χ1n) is 11.7. The number of carbonyl (C=O) groups excluding carboxylic acids is 1. The predicted molar refractivity (Wildman–Crippen MR) is 134 cm³/mol. The number of likely N-dealkylation sites (tertiary alicyclic amines) is 1. The quantitative estimate of drug-likeness (QED) is 0.427. The molecule has 1 aliphatic heterocycles. The number of aromatic nitrogens is 1. The number of carbonyl (C=O) groups is 1. The number of ether oxygens (including phenoxy) is 1. The molecule has 1 aliphatic rings. The second-order valence-electron chi connectivity index (χ2n) is 8.81. The van der Waals surface area contributed by atoms with E-state index in [1.54, 1.807) is 11.3 Å². The Labute approximate surface area is 201 Å². The summed E-state index contributed by atoms with van der Waals surface area (Å²) in [5.41, 5.74) is 5.08. The fourth-order valence-corrected chi connectivity index (χ4v) is 4.90. The minimum Gasteiger partial charge on any atom is -0.486 e. The zero-order chi connectivity index (χ0) is 23.2. The van der Waals surface area contributed by atoms with Gasteiger partial charge in [-0.15, -0.1) is 11.3 Å². The summed E-state index contributed by atoms with van der Waals surface area (Å²) >= 11 is 1.59. The van der Waals surface area contributed by atoms with Gasteiger partial charge in [-0.25, -0.2) is 4.98 Å². The maximum atomic E-state index is 13.4. The minimum absolute atomic E-state index is 0.0773. The molecule has 33 heavy (non-hydrogen) atoms. The summed E-state index contributed by atoms with van der Waals surface area (Å²) in [5.74, 6) is 0.974. The first kappa shape index (κ1) is 23.5. The molecular weight excluding hydrogens is 430 g/mol. The lowest BCUT2D eigenvalue weighted by Gasteiger charge is -2.25. The molecule has 174 valence electrons. The van der Waals surface area contributed by atoms with Crippen molar-refractivity contribution in [2.24, 2.45) is 0 Å². The van der Waals surface area contributed by atoms with E-state index < -0.39 is 0 Å². The van der Waals surface area contributed by atoms with Gasteiger partial charge < -0.3 is 14.5 Å². The van der Waals surface area contributed by atoms with Crippen molar-refractivity contribution in [2.45, 2.75) is 46.8 Å². The lowest BCUT2D eigenvalue weighted by atomic mass is 10.1. The van der Waals surface area contributed by atoms with Crippen LogP contribution < -0.4 is 4.74 Å². The highest BCUT2D eigenvalue weighted by Crippen LogP contribution is 2.23. The smallest absolute Gasteiger partial charge is 0.254 e. The van der Waals surface area contributed by atoms with Gasteiger partial charge in [-0.3, -0.25) is 4.79 Å². The number of benzene rings is 2. The first-order valence-corrected chi connectivity index (χ1v) is 12.6. The van der Waals surface area contributed by atoms with Gasteiger partial charge in [0.25, 0.3) is 5.91 Å². The maximum Gasteiger partial charge on any atom is 0.254 e. The maximum absolute atomic E-state index is 13.4. The van der Waals surface area contributed by atoms with Gasteiger partial charge in [0.05, 0.1) is 12.2 Å². The van der Waals surface area contributed by atoms with Crippen LogP contribution in [0.4, 0.5) is 0 Å². The SMILES string of the molecule is Cc1ccccc1C(=O)N(CCN1CCCC1)Cc1csc(COc2cccc(C)c2C)n1. The standard InChI is InChI=1S/C27H33N3O2S/c1-20-10-8-12-25(22(20)3)32-18-26-28-23(19-33-26)17-30(16-15-29-13-6-7-14-29)27(31)24-11-5-4-9-21(24)2/h4-5,8-12,19H,6-7,13-18H2,1-3H3. The van der Waals surface area contributed by atoms with E-state index in [-0.39, 0.29) is 5.91 Å². The summed E-state index contributed by atoms with van der Waals surface area (Å²) in [5, 5.41) is 2.98. The Morgan fingerprint density at radius 3 is 2.61 bits per heavy atom. The van der Waals surface area contributed by atoms with Gasteiger partial charge in [-0.1, -0.05) is 30.3 Å². The van der Waals surface area contributed by atoms with Crippen molar-refractivity contribution in [3.05, 3.63) is 80.8 Å². The van der Waals surface area contributed by atoms with E-state index in [1.807, 2.05) is 48.2 Å². The van der Waals surface area contributed by atoms with Gasteiger partial charge in [0.15, 0.2) is 0 Å². The van der Waals surface area contributed by atoms with Crippen molar-refractivity contribution < 1.29 is 9.53 Å². The molecule has 1 fully saturated rings. The van der Waals surface area contributed by atoms with Crippen molar-refractivity contribution in [3.8, 4) is 5.75 Å². The van der Waals surface area contributed by atoms with E-state index in [0.717, 1.165) is 52.8 Å². The van der Waals surface area contributed by atoms with Crippen molar-refractivity contribution in [1.82, 2.24) is 14.8 Å². The highest BCUT2D eigenvalue weighted by molar-refractivity contribution is 7.09. The van der Waals surface area contributed by atoms with Crippen LogP contribution in [0.15, 0.2) is 47.8 Å². The second kappa shape index (κ2) is 10.9. The van der Waals surface area contributed by atoms with Crippen LogP contribution in [0.3, 0.4) is 0 Å². The van der Waals surface area contributed by atoms with Crippen molar-refractivity contribution >= 4 is 17.2 Å². The molecule has 0 saturated carbocycles. The molecule has 0 radical (unpaired) electrons. The van der Waals surface area contributed by atoms with Crippen LogP contribution in [0.1, 0.15) is 50.6 Å². The van der Waals surface area contributed by atoms with E-state index in [1.165, 1.54) is 18.4 Å². The van der Waals surface area contributed by atoms with E-state index in [4.69, 9.17) is 9.72 Å². The molecule has 0 unspecified atom stereocenters. The molecule has 2 heterocycles. The number of thiazole rings is 1. The molecule has 0 spiro atoms. The van der Waals surface area contributed by atoms with Crippen LogP contribution in [0.5, 0.6) is 5.75 Å². The fourth-order valence-electron chi connectivity index (χ4n) is 4.21.